The number of carbonyl (C=O) groups excluding carboxylic acids is 2. The van der Waals surface area contributed by atoms with Gasteiger partial charge in [-0.3, -0.25) is 4.79 Å². The predicted octanol–water partition coefficient (Wildman–Crippen LogP) is 1.62. The van der Waals surface area contributed by atoms with Crippen molar-refractivity contribution in [1.82, 2.24) is 14.9 Å². The van der Waals surface area contributed by atoms with Crippen molar-refractivity contribution < 1.29 is 14.3 Å². The number of ether oxygens (including phenoxy) is 1. The lowest BCUT2D eigenvalue weighted by Gasteiger charge is -2.06. The van der Waals surface area contributed by atoms with Crippen molar-refractivity contribution in [1.29, 1.82) is 0 Å². The van der Waals surface area contributed by atoms with Gasteiger partial charge >= 0.3 is 5.97 Å². The van der Waals surface area contributed by atoms with Gasteiger partial charge in [-0.05, 0) is 29.9 Å². The summed E-state index contributed by atoms with van der Waals surface area (Å²) in [7, 11) is 0. The Morgan fingerprint density at radius 2 is 2.05 bits per heavy atom. The minimum absolute atomic E-state index is 0.297. The average Bonchev–Trinajstić information content (AvgIpc) is 3.02. The van der Waals surface area contributed by atoms with Crippen molar-refractivity contribution in [2.24, 2.45) is 0 Å². The second-order valence-electron chi connectivity index (χ2n) is 4.56. The highest BCUT2D eigenvalue weighted by molar-refractivity contribution is 7.07. The van der Waals surface area contributed by atoms with Crippen LogP contribution < -0.4 is 5.32 Å². The van der Waals surface area contributed by atoms with E-state index in [0.717, 1.165) is 23.5 Å². The molecule has 2 rings (SSSR count). The van der Waals surface area contributed by atoms with E-state index in [9.17, 15) is 9.59 Å². The molecule has 0 spiro atoms. The second kappa shape index (κ2) is 8.23. The van der Waals surface area contributed by atoms with Gasteiger partial charge in [0.05, 0.1) is 5.69 Å². The Hall–Kier alpha value is -2.28. The Kier molecular flexibility index (Phi) is 6.02. The van der Waals surface area contributed by atoms with Crippen molar-refractivity contribution in [3.63, 3.8) is 0 Å². The molecule has 2 aromatic rings. The van der Waals surface area contributed by atoms with Crippen LogP contribution in [0.3, 0.4) is 0 Å². The molecule has 22 heavy (non-hydrogen) atoms. The lowest BCUT2D eigenvalue weighted by atomic mass is 10.1. The summed E-state index contributed by atoms with van der Waals surface area (Å²) < 4.78 is 8.69. The number of aryl methyl sites for hydroxylation is 1. The first-order chi connectivity index (χ1) is 10.7. The van der Waals surface area contributed by atoms with E-state index in [1.807, 2.05) is 37.3 Å². The number of aromatic nitrogens is 2. The molecule has 0 bridgehead atoms. The predicted molar refractivity (Wildman–Crippen MR) is 82.7 cm³/mol. The topological polar surface area (TPSA) is 81.2 Å². The van der Waals surface area contributed by atoms with Crippen molar-refractivity contribution in [3.05, 3.63) is 46.5 Å². The van der Waals surface area contributed by atoms with Gasteiger partial charge in [0.15, 0.2) is 11.5 Å². The Labute approximate surface area is 132 Å². The van der Waals surface area contributed by atoms with E-state index >= 15 is 0 Å². The Morgan fingerprint density at radius 1 is 1.27 bits per heavy atom. The van der Waals surface area contributed by atoms with E-state index in [0.29, 0.717) is 23.5 Å². The SMILES string of the molecule is CCc1nnsc1C(=O)OCC(=O)NCCc1ccccc1. The largest absolute Gasteiger partial charge is 0.451 e. The summed E-state index contributed by atoms with van der Waals surface area (Å²) in [6.45, 7) is 2.08. The number of esters is 1. The van der Waals surface area contributed by atoms with Gasteiger partial charge in [0.1, 0.15) is 0 Å². The van der Waals surface area contributed by atoms with E-state index in [-0.39, 0.29) is 12.5 Å². The third kappa shape index (κ3) is 4.63. The summed E-state index contributed by atoms with van der Waals surface area (Å²) in [4.78, 5) is 23.8. The number of hydrogen-bond donors (Lipinski definition) is 1. The first-order valence-corrected chi connectivity index (χ1v) is 7.77. The van der Waals surface area contributed by atoms with Gasteiger partial charge in [-0.15, -0.1) is 5.10 Å². The molecule has 0 aliphatic carbocycles. The Morgan fingerprint density at radius 3 is 2.77 bits per heavy atom. The maximum atomic E-state index is 11.8. The Bertz CT molecular complexity index is 628. The van der Waals surface area contributed by atoms with Gasteiger partial charge in [0.25, 0.3) is 5.91 Å². The molecule has 6 nitrogen and oxygen atoms in total. The van der Waals surface area contributed by atoms with Gasteiger partial charge in [-0.2, -0.15) is 0 Å². The summed E-state index contributed by atoms with van der Waals surface area (Å²) in [5.74, 6) is -0.870. The normalized spacial score (nSPS) is 10.2. The van der Waals surface area contributed by atoms with Crippen LogP contribution in [0.1, 0.15) is 27.9 Å². The second-order valence-corrected chi connectivity index (χ2v) is 5.32. The molecule has 1 heterocycles. The van der Waals surface area contributed by atoms with E-state index in [1.165, 1.54) is 0 Å². The fourth-order valence-corrected chi connectivity index (χ4v) is 2.48. The zero-order valence-corrected chi connectivity index (χ0v) is 13.1. The maximum Gasteiger partial charge on any atom is 0.352 e. The third-order valence-electron chi connectivity index (χ3n) is 2.99. The number of benzene rings is 1. The summed E-state index contributed by atoms with van der Waals surface area (Å²) in [6, 6.07) is 9.84. The van der Waals surface area contributed by atoms with Gasteiger partial charge in [-0.1, -0.05) is 41.7 Å². The molecule has 0 radical (unpaired) electrons. The van der Waals surface area contributed by atoms with Crippen LogP contribution in [-0.2, 0) is 22.4 Å². The molecule has 0 atom stereocenters. The molecular formula is C15H17N3O3S. The van der Waals surface area contributed by atoms with E-state index in [4.69, 9.17) is 4.74 Å². The van der Waals surface area contributed by atoms with Crippen LogP contribution in [0.4, 0.5) is 0 Å². The highest BCUT2D eigenvalue weighted by atomic mass is 32.1. The van der Waals surface area contributed by atoms with Gasteiger partial charge < -0.3 is 10.1 Å². The lowest BCUT2D eigenvalue weighted by molar-refractivity contribution is -0.124. The quantitative estimate of drug-likeness (QED) is 0.784. The van der Waals surface area contributed by atoms with Crippen molar-refractivity contribution >= 4 is 23.4 Å². The standard InChI is InChI=1S/C15H17N3O3S/c1-2-12-14(22-18-17-12)15(20)21-10-13(19)16-9-8-11-6-4-3-5-7-11/h3-7H,2,8-10H2,1H3,(H,16,19). The zero-order valence-electron chi connectivity index (χ0n) is 12.2. The van der Waals surface area contributed by atoms with Crippen LogP contribution in [0.2, 0.25) is 0 Å². The average molecular weight is 319 g/mol. The molecule has 0 aliphatic heterocycles. The fourth-order valence-electron chi connectivity index (χ4n) is 1.83. The van der Waals surface area contributed by atoms with Crippen molar-refractivity contribution in [2.75, 3.05) is 13.2 Å². The number of nitrogens with zero attached hydrogens (tertiary/aromatic N) is 2. The minimum Gasteiger partial charge on any atom is -0.451 e. The molecule has 0 saturated carbocycles. The number of nitrogens with one attached hydrogen (secondary N) is 1. The number of amides is 1. The van der Waals surface area contributed by atoms with Gasteiger partial charge in [0, 0.05) is 6.54 Å². The zero-order chi connectivity index (χ0) is 15.8. The number of carbonyl (C=O) groups is 2. The van der Waals surface area contributed by atoms with Crippen molar-refractivity contribution in [2.45, 2.75) is 19.8 Å². The molecule has 0 unspecified atom stereocenters. The van der Waals surface area contributed by atoms with E-state index < -0.39 is 5.97 Å². The monoisotopic (exact) mass is 319 g/mol. The lowest BCUT2D eigenvalue weighted by Crippen LogP contribution is -2.30. The van der Waals surface area contributed by atoms with Crippen molar-refractivity contribution in [3.8, 4) is 0 Å². The molecule has 1 amide bonds. The van der Waals surface area contributed by atoms with Crippen LogP contribution in [-0.4, -0.2) is 34.6 Å². The summed E-state index contributed by atoms with van der Waals surface area (Å²) >= 11 is 0.982. The highest BCUT2D eigenvalue weighted by Crippen LogP contribution is 2.12. The van der Waals surface area contributed by atoms with E-state index in [2.05, 4.69) is 14.9 Å². The first-order valence-electron chi connectivity index (χ1n) is 6.99. The third-order valence-corrected chi connectivity index (χ3v) is 3.74. The molecule has 0 saturated heterocycles. The number of hydrogen-bond acceptors (Lipinski definition) is 6. The maximum absolute atomic E-state index is 11.8. The van der Waals surface area contributed by atoms with E-state index in [1.54, 1.807) is 0 Å². The summed E-state index contributed by atoms with van der Waals surface area (Å²) in [6.07, 6.45) is 1.34. The first kappa shape index (κ1) is 16.1. The molecule has 0 aliphatic rings. The molecule has 116 valence electrons. The van der Waals surface area contributed by atoms with Crippen LogP contribution in [0.15, 0.2) is 30.3 Å². The molecule has 7 heteroatoms. The van der Waals surface area contributed by atoms with Crippen LogP contribution in [0, 0.1) is 0 Å². The summed E-state index contributed by atoms with van der Waals surface area (Å²) in [5, 5.41) is 6.55. The van der Waals surface area contributed by atoms with Crippen LogP contribution in [0.25, 0.3) is 0 Å². The van der Waals surface area contributed by atoms with Gasteiger partial charge in [0.2, 0.25) is 0 Å². The molecule has 1 aromatic heterocycles. The van der Waals surface area contributed by atoms with Gasteiger partial charge in [-0.25, -0.2) is 4.79 Å². The fraction of sp³-hybridized carbons (Fsp3) is 0.333. The molecule has 1 aromatic carbocycles. The summed E-state index contributed by atoms with van der Waals surface area (Å²) in [5.41, 5.74) is 1.74. The highest BCUT2D eigenvalue weighted by Gasteiger charge is 2.17. The van der Waals surface area contributed by atoms with Crippen LogP contribution in [0.5, 0.6) is 0 Å². The Balaban J connectivity index is 1.70. The molecular weight excluding hydrogens is 302 g/mol. The smallest absolute Gasteiger partial charge is 0.352 e. The molecule has 1 N–H and O–H groups in total. The minimum atomic E-state index is -0.551. The number of rotatable bonds is 7. The van der Waals surface area contributed by atoms with Crippen LogP contribution >= 0.6 is 11.5 Å². The molecule has 0 fully saturated rings.